The van der Waals surface area contributed by atoms with Crippen molar-refractivity contribution in [2.75, 3.05) is 11.6 Å². The van der Waals surface area contributed by atoms with Crippen molar-refractivity contribution >= 4 is 23.4 Å². The first-order chi connectivity index (χ1) is 7.36. The van der Waals surface area contributed by atoms with Gasteiger partial charge in [-0.25, -0.2) is 0 Å². The molecule has 0 aliphatic carbocycles. The molecule has 0 aromatic heterocycles. The summed E-state index contributed by atoms with van der Waals surface area (Å²) in [5.74, 6) is 2.69. The molecule has 0 bridgehead atoms. The van der Waals surface area contributed by atoms with Crippen molar-refractivity contribution in [3.63, 3.8) is 0 Å². The fraction of sp³-hybridized carbons (Fsp3) is 0.538. The molecule has 1 unspecified atom stereocenters. The maximum atomic E-state index is 5.92. The lowest BCUT2D eigenvalue weighted by atomic mass is 10.0. The third kappa shape index (κ3) is 5.48. The standard InChI is InChI=1S/C13H19ClS/c1-2-6-12(11-14)9-10-15-13-7-4-3-5-8-13/h3-5,7-8,12H,2,6,9-11H2,1H3. The number of thioether (sulfide) groups is 1. The van der Waals surface area contributed by atoms with Gasteiger partial charge >= 0.3 is 0 Å². The van der Waals surface area contributed by atoms with Crippen molar-refractivity contribution < 1.29 is 0 Å². The Morgan fingerprint density at radius 2 is 1.93 bits per heavy atom. The Kier molecular flexibility index (Phi) is 6.95. The topological polar surface area (TPSA) is 0 Å². The molecule has 0 aliphatic rings. The van der Waals surface area contributed by atoms with Gasteiger partial charge in [-0.15, -0.1) is 23.4 Å². The van der Waals surface area contributed by atoms with Crippen LogP contribution in [0.3, 0.4) is 0 Å². The van der Waals surface area contributed by atoms with Crippen LogP contribution in [0.2, 0.25) is 0 Å². The zero-order valence-corrected chi connectivity index (χ0v) is 10.9. The van der Waals surface area contributed by atoms with Gasteiger partial charge in [-0.3, -0.25) is 0 Å². The largest absolute Gasteiger partial charge is 0.126 e. The summed E-state index contributed by atoms with van der Waals surface area (Å²) in [5, 5.41) is 0. The van der Waals surface area contributed by atoms with Gasteiger partial charge in [0.05, 0.1) is 0 Å². The van der Waals surface area contributed by atoms with Gasteiger partial charge < -0.3 is 0 Å². The van der Waals surface area contributed by atoms with Crippen molar-refractivity contribution in [3.05, 3.63) is 30.3 Å². The molecule has 0 radical (unpaired) electrons. The van der Waals surface area contributed by atoms with E-state index in [0.29, 0.717) is 5.92 Å². The van der Waals surface area contributed by atoms with Crippen LogP contribution in [-0.2, 0) is 0 Å². The third-order valence-corrected chi connectivity index (χ3v) is 3.93. The Balaban J connectivity index is 2.20. The van der Waals surface area contributed by atoms with Crippen molar-refractivity contribution in [2.45, 2.75) is 31.1 Å². The molecule has 0 fully saturated rings. The Morgan fingerprint density at radius 1 is 1.20 bits per heavy atom. The van der Waals surface area contributed by atoms with Crippen LogP contribution < -0.4 is 0 Å². The van der Waals surface area contributed by atoms with E-state index in [2.05, 4.69) is 37.3 Å². The fourth-order valence-corrected chi connectivity index (χ4v) is 2.91. The maximum absolute atomic E-state index is 5.92. The number of rotatable bonds is 7. The molecule has 84 valence electrons. The first-order valence-corrected chi connectivity index (χ1v) is 7.12. The Labute approximate surface area is 102 Å². The highest BCUT2D eigenvalue weighted by atomic mass is 35.5. The van der Waals surface area contributed by atoms with Crippen molar-refractivity contribution in [1.29, 1.82) is 0 Å². The summed E-state index contributed by atoms with van der Waals surface area (Å²) in [5.41, 5.74) is 0. The molecule has 1 atom stereocenters. The highest BCUT2D eigenvalue weighted by molar-refractivity contribution is 7.99. The van der Waals surface area contributed by atoms with E-state index in [1.807, 2.05) is 11.8 Å². The van der Waals surface area contributed by atoms with E-state index in [9.17, 15) is 0 Å². The number of halogens is 1. The zero-order valence-electron chi connectivity index (χ0n) is 9.29. The highest BCUT2D eigenvalue weighted by Crippen LogP contribution is 2.22. The van der Waals surface area contributed by atoms with E-state index < -0.39 is 0 Å². The number of benzene rings is 1. The predicted octanol–water partition coefficient (Wildman–Crippen LogP) is 4.82. The molecule has 2 heteroatoms. The second-order valence-electron chi connectivity index (χ2n) is 3.76. The van der Waals surface area contributed by atoms with Crippen LogP contribution in [0.15, 0.2) is 35.2 Å². The van der Waals surface area contributed by atoms with Crippen LogP contribution in [0.25, 0.3) is 0 Å². The van der Waals surface area contributed by atoms with E-state index >= 15 is 0 Å². The van der Waals surface area contributed by atoms with Crippen LogP contribution in [-0.4, -0.2) is 11.6 Å². The normalized spacial score (nSPS) is 12.7. The van der Waals surface area contributed by atoms with E-state index in [1.165, 1.54) is 29.9 Å². The van der Waals surface area contributed by atoms with Gasteiger partial charge in [0.15, 0.2) is 0 Å². The summed E-state index contributed by atoms with van der Waals surface area (Å²) in [4.78, 5) is 1.36. The molecular weight excluding hydrogens is 224 g/mol. The molecule has 1 aromatic carbocycles. The minimum absolute atomic E-state index is 0.702. The average Bonchev–Trinajstić information content (AvgIpc) is 2.29. The van der Waals surface area contributed by atoms with E-state index in [0.717, 1.165) is 5.88 Å². The van der Waals surface area contributed by atoms with Crippen LogP contribution in [0, 0.1) is 5.92 Å². The Hall–Kier alpha value is -0.140. The first kappa shape index (κ1) is 12.9. The lowest BCUT2D eigenvalue weighted by molar-refractivity contribution is 0.518. The van der Waals surface area contributed by atoms with Gasteiger partial charge in [-0.1, -0.05) is 31.5 Å². The van der Waals surface area contributed by atoms with Gasteiger partial charge in [0.25, 0.3) is 0 Å². The molecule has 0 saturated heterocycles. The fourth-order valence-electron chi connectivity index (χ4n) is 1.57. The average molecular weight is 243 g/mol. The van der Waals surface area contributed by atoms with Crippen LogP contribution in [0.5, 0.6) is 0 Å². The summed E-state index contributed by atoms with van der Waals surface area (Å²) >= 11 is 7.85. The smallest absolute Gasteiger partial charge is 0.0252 e. The van der Waals surface area contributed by atoms with Crippen molar-refractivity contribution in [1.82, 2.24) is 0 Å². The molecule has 0 amide bonds. The molecule has 0 spiro atoms. The lowest BCUT2D eigenvalue weighted by Crippen LogP contribution is -2.03. The zero-order chi connectivity index (χ0) is 10.9. The van der Waals surface area contributed by atoms with Crippen LogP contribution >= 0.6 is 23.4 Å². The number of hydrogen-bond donors (Lipinski definition) is 0. The van der Waals surface area contributed by atoms with Crippen molar-refractivity contribution in [2.24, 2.45) is 5.92 Å². The number of alkyl halides is 1. The van der Waals surface area contributed by atoms with Crippen LogP contribution in [0.4, 0.5) is 0 Å². The maximum Gasteiger partial charge on any atom is 0.0252 e. The predicted molar refractivity (Wildman–Crippen MR) is 70.9 cm³/mol. The second kappa shape index (κ2) is 8.06. The summed E-state index contributed by atoms with van der Waals surface area (Å²) in [6.07, 6.45) is 3.74. The van der Waals surface area contributed by atoms with Gasteiger partial charge in [0, 0.05) is 10.8 Å². The monoisotopic (exact) mass is 242 g/mol. The molecular formula is C13H19ClS. The third-order valence-electron chi connectivity index (χ3n) is 2.45. The molecule has 15 heavy (non-hydrogen) atoms. The minimum Gasteiger partial charge on any atom is -0.126 e. The molecule has 0 heterocycles. The SMILES string of the molecule is CCCC(CCl)CCSc1ccccc1. The molecule has 1 aromatic rings. The van der Waals surface area contributed by atoms with E-state index in [4.69, 9.17) is 11.6 Å². The lowest BCUT2D eigenvalue weighted by Gasteiger charge is -2.11. The van der Waals surface area contributed by atoms with E-state index in [1.54, 1.807) is 0 Å². The molecule has 0 nitrogen and oxygen atoms in total. The summed E-state index contributed by atoms with van der Waals surface area (Å²) in [6.45, 7) is 2.23. The molecule has 0 aliphatic heterocycles. The summed E-state index contributed by atoms with van der Waals surface area (Å²) in [7, 11) is 0. The number of hydrogen-bond acceptors (Lipinski definition) is 1. The second-order valence-corrected chi connectivity index (χ2v) is 5.24. The summed E-state index contributed by atoms with van der Waals surface area (Å²) < 4.78 is 0. The quantitative estimate of drug-likeness (QED) is 0.488. The molecule has 0 N–H and O–H groups in total. The van der Waals surface area contributed by atoms with Gasteiger partial charge in [0.1, 0.15) is 0 Å². The minimum atomic E-state index is 0.702. The van der Waals surface area contributed by atoms with Crippen molar-refractivity contribution in [3.8, 4) is 0 Å². The summed E-state index contributed by atoms with van der Waals surface area (Å²) in [6, 6.07) is 10.6. The van der Waals surface area contributed by atoms with Crippen LogP contribution in [0.1, 0.15) is 26.2 Å². The van der Waals surface area contributed by atoms with Gasteiger partial charge in [0.2, 0.25) is 0 Å². The van der Waals surface area contributed by atoms with Gasteiger partial charge in [-0.2, -0.15) is 0 Å². The molecule has 1 rings (SSSR count). The van der Waals surface area contributed by atoms with E-state index in [-0.39, 0.29) is 0 Å². The Morgan fingerprint density at radius 3 is 2.53 bits per heavy atom. The molecule has 0 saturated carbocycles. The first-order valence-electron chi connectivity index (χ1n) is 5.60. The highest BCUT2D eigenvalue weighted by Gasteiger charge is 2.05. The Bertz CT molecular complexity index is 248. The van der Waals surface area contributed by atoms with Gasteiger partial charge in [-0.05, 0) is 36.6 Å².